The predicted molar refractivity (Wildman–Crippen MR) is 120 cm³/mol. The fourth-order valence-corrected chi connectivity index (χ4v) is 5.08. The summed E-state index contributed by atoms with van der Waals surface area (Å²) in [5.41, 5.74) is 0.206. The maximum Gasteiger partial charge on any atom is 0.253 e. The van der Waals surface area contributed by atoms with Gasteiger partial charge in [0.1, 0.15) is 6.04 Å². The van der Waals surface area contributed by atoms with Crippen molar-refractivity contribution >= 4 is 56.8 Å². The van der Waals surface area contributed by atoms with E-state index in [1.54, 1.807) is 0 Å². The van der Waals surface area contributed by atoms with Crippen LogP contribution in [-0.2, 0) is 19.6 Å². The van der Waals surface area contributed by atoms with Crippen LogP contribution >= 0.6 is 35.0 Å². The minimum Gasteiger partial charge on any atom is -0.379 e. The zero-order valence-electron chi connectivity index (χ0n) is 16.5. The van der Waals surface area contributed by atoms with E-state index >= 15 is 0 Å². The van der Waals surface area contributed by atoms with E-state index < -0.39 is 27.9 Å². The summed E-state index contributed by atoms with van der Waals surface area (Å²) in [6, 6.07) is 3.66. The topological polar surface area (TPSA) is 105 Å². The Morgan fingerprint density at radius 1 is 1.27 bits per heavy atom. The molecule has 1 atom stereocenters. The van der Waals surface area contributed by atoms with Gasteiger partial charge < -0.3 is 15.4 Å². The van der Waals surface area contributed by atoms with Crippen molar-refractivity contribution in [2.45, 2.75) is 12.5 Å². The number of hydrogen-bond donors (Lipinski definition) is 2. The number of thioether (sulfide) groups is 1. The molecule has 1 fully saturated rings. The highest BCUT2D eigenvalue weighted by molar-refractivity contribution is 7.98. The maximum absolute atomic E-state index is 12.6. The molecule has 1 heterocycles. The zero-order valence-corrected chi connectivity index (χ0v) is 19.7. The van der Waals surface area contributed by atoms with E-state index in [1.165, 1.54) is 34.3 Å². The Morgan fingerprint density at radius 3 is 2.60 bits per heavy atom. The minimum atomic E-state index is -3.48. The molecule has 0 saturated carbocycles. The quantitative estimate of drug-likeness (QED) is 0.508. The molecule has 0 aliphatic carbocycles. The molecule has 1 aliphatic rings. The van der Waals surface area contributed by atoms with Crippen LogP contribution in [0.5, 0.6) is 0 Å². The zero-order chi connectivity index (χ0) is 22.1. The molecule has 1 aromatic rings. The summed E-state index contributed by atoms with van der Waals surface area (Å²) < 4.78 is 31.2. The fraction of sp³-hybridized carbons (Fsp3) is 0.556. The average Bonchev–Trinajstić information content (AvgIpc) is 2.71. The SMILES string of the molecule is CSCCC(NC(=O)c1ccc(Cl)cc1Cl)C(=O)NCCS(=O)(=O)N1CCOCC1. The van der Waals surface area contributed by atoms with Crippen molar-refractivity contribution in [2.75, 3.05) is 50.6 Å². The van der Waals surface area contributed by atoms with Crippen LogP contribution in [0.1, 0.15) is 16.8 Å². The first kappa shape index (κ1) is 25.2. The number of carbonyl (C=O) groups is 2. The molecule has 2 N–H and O–H groups in total. The normalized spacial score (nSPS) is 16.1. The van der Waals surface area contributed by atoms with E-state index in [0.29, 0.717) is 43.5 Å². The van der Waals surface area contributed by atoms with E-state index in [-0.39, 0.29) is 22.9 Å². The number of nitrogens with zero attached hydrogens (tertiary/aromatic N) is 1. The molecule has 2 rings (SSSR count). The van der Waals surface area contributed by atoms with Crippen molar-refractivity contribution in [3.63, 3.8) is 0 Å². The molecular weight excluding hydrogens is 473 g/mol. The number of sulfonamides is 1. The number of nitrogens with one attached hydrogen (secondary N) is 2. The molecule has 1 aromatic carbocycles. The van der Waals surface area contributed by atoms with Gasteiger partial charge in [0.2, 0.25) is 15.9 Å². The molecule has 0 aromatic heterocycles. The van der Waals surface area contributed by atoms with E-state index in [9.17, 15) is 18.0 Å². The number of amides is 2. The van der Waals surface area contributed by atoms with Crippen molar-refractivity contribution in [3.05, 3.63) is 33.8 Å². The molecule has 168 valence electrons. The molecule has 12 heteroatoms. The number of morpholine rings is 1. The van der Waals surface area contributed by atoms with Crippen molar-refractivity contribution in [2.24, 2.45) is 0 Å². The lowest BCUT2D eigenvalue weighted by Crippen LogP contribution is -2.49. The van der Waals surface area contributed by atoms with Gasteiger partial charge in [-0.1, -0.05) is 23.2 Å². The molecule has 1 aliphatic heterocycles. The summed E-state index contributed by atoms with van der Waals surface area (Å²) in [5, 5.41) is 5.86. The summed E-state index contributed by atoms with van der Waals surface area (Å²) in [6.07, 6.45) is 2.28. The number of carbonyl (C=O) groups excluding carboxylic acids is 2. The van der Waals surface area contributed by atoms with Crippen molar-refractivity contribution in [1.29, 1.82) is 0 Å². The smallest absolute Gasteiger partial charge is 0.253 e. The van der Waals surface area contributed by atoms with Gasteiger partial charge in [0.15, 0.2) is 0 Å². The van der Waals surface area contributed by atoms with Crippen LogP contribution in [0.2, 0.25) is 10.0 Å². The summed E-state index contributed by atoms with van der Waals surface area (Å²) in [6.45, 7) is 1.30. The van der Waals surface area contributed by atoms with Crippen LogP contribution in [0.15, 0.2) is 18.2 Å². The fourth-order valence-electron chi connectivity index (χ4n) is 2.79. The van der Waals surface area contributed by atoms with Gasteiger partial charge in [-0.25, -0.2) is 8.42 Å². The Kier molecular flexibility index (Phi) is 10.2. The number of rotatable bonds is 10. The van der Waals surface area contributed by atoms with E-state index in [2.05, 4.69) is 10.6 Å². The highest BCUT2D eigenvalue weighted by Gasteiger charge is 2.26. The largest absolute Gasteiger partial charge is 0.379 e. The highest BCUT2D eigenvalue weighted by atomic mass is 35.5. The Labute approximate surface area is 191 Å². The van der Waals surface area contributed by atoms with Crippen LogP contribution < -0.4 is 10.6 Å². The van der Waals surface area contributed by atoms with Gasteiger partial charge in [0.25, 0.3) is 5.91 Å². The Hall–Kier alpha value is -1.04. The second-order valence-corrected chi connectivity index (χ2v) is 10.5. The second-order valence-electron chi connectivity index (χ2n) is 6.55. The summed E-state index contributed by atoms with van der Waals surface area (Å²) in [7, 11) is -3.48. The van der Waals surface area contributed by atoms with Crippen LogP contribution in [0.4, 0.5) is 0 Å². The lowest BCUT2D eigenvalue weighted by atomic mass is 10.1. The third-order valence-corrected chi connectivity index (χ3v) is 7.49. The first-order valence-electron chi connectivity index (χ1n) is 9.32. The van der Waals surface area contributed by atoms with Crippen LogP contribution in [-0.4, -0.2) is 81.2 Å². The lowest BCUT2D eigenvalue weighted by molar-refractivity contribution is -0.122. The van der Waals surface area contributed by atoms with Crippen LogP contribution in [0, 0.1) is 0 Å². The average molecular weight is 498 g/mol. The minimum absolute atomic E-state index is 0.0497. The van der Waals surface area contributed by atoms with E-state index in [4.69, 9.17) is 27.9 Å². The second kappa shape index (κ2) is 12.1. The van der Waals surface area contributed by atoms with Crippen LogP contribution in [0.3, 0.4) is 0 Å². The maximum atomic E-state index is 12.6. The van der Waals surface area contributed by atoms with Crippen molar-refractivity contribution in [1.82, 2.24) is 14.9 Å². The van der Waals surface area contributed by atoms with Gasteiger partial charge >= 0.3 is 0 Å². The first-order valence-corrected chi connectivity index (χ1v) is 13.1. The molecule has 1 saturated heterocycles. The molecule has 8 nitrogen and oxygen atoms in total. The number of hydrogen-bond acceptors (Lipinski definition) is 6. The number of benzene rings is 1. The standard InChI is InChI=1S/C18H25Cl2N3O5S2/c1-29-10-4-16(22-17(24)14-3-2-13(19)12-15(14)20)18(25)21-5-11-30(26,27)23-6-8-28-9-7-23/h2-3,12,16H,4-11H2,1H3,(H,21,25)(H,22,24). The summed E-state index contributed by atoms with van der Waals surface area (Å²) in [5.74, 6) is -0.525. The Morgan fingerprint density at radius 2 is 1.97 bits per heavy atom. The molecule has 2 amide bonds. The molecule has 0 bridgehead atoms. The first-order chi connectivity index (χ1) is 14.2. The van der Waals surface area contributed by atoms with Gasteiger partial charge in [0.05, 0.1) is 29.6 Å². The van der Waals surface area contributed by atoms with Gasteiger partial charge in [-0.2, -0.15) is 16.1 Å². The van der Waals surface area contributed by atoms with Crippen LogP contribution in [0.25, 0.3) is 0 Å². The molecule has 1 unspecified atom stereocenters. The molecule has 30 heavy (non-hydrogen) atoms. The number of ether oxygens (including phenoxy) is 1. The summed E-state index contributed by atoms with van der Waals surface area (Å²) >= 11 is 13.5. The van der Waals surface area contributed by atoms with Gasteiger partial charge in [-0.15, -0.1) is 0 Å². The van der Waals surface area contributed by atoms with Gasteiger partial charge in [0, 0.05) is 24.7 Å². The Bertz CT molecular complexity index is 848. The monoisotopic (exact) mass is 497 g/mol. The molecular formula is C18H25Cl2N3O5S2. The van der Waals surface area contributed by atoms with Crippen molar-refractivity contribution < 1.29 is 22.7 Å². The lowest BCUT2D eigenvalue weighted by Gasteiger charge is -2.26. The van der Waals surface area contributed by atoms with Crippen molar-refractivity contribution in [3.8, 4) is 0 Å². The van der Waals surface area contributed by atoms with E-state index in [0.717, 1.165) is 0 Å². The highest BCUT2D eigenvalue weighted by Crippen LogP contribution is 2.21. The van der Waals surface area contributed by atoms with E-state index in [1.807, 2.05) is 6.26 Å². The van der Waals surface area contributed by atoms with Gasteiger partial charge in [-0.05, 0) is 36.6 Å². The third kappa shape index (κ3) is 7.58. The summed E-state index contributed by atoms with van der Waals surface area (Å²) in [4.78, 5) is 25.2. The molecule has 0 spiro atoms. The Balaban J connectivity index is 1.94. The molecule has 0 radical (unpaired) electrons. The predicted octanol–water partition coefficient (Wildman–Crippen LogP) is 1.62. The van der Waals surface area contributed by atoms with Gasteiger partial charge in [-0.3, -0.25) is 9.59 Å². The third-order valence-electron chi connectivity index (χ3n) is 4.43. The number of halogens is 2.